The molecule has 1 aromatic carbocycles. The molecule has 1 atom stereocenters. The van der Waals surface area contributed by atoms with Gasteiger partial charge in [-0.15, -0.1) is 0 Å². The minimum Gasteiger partial charge on any atom is -0.365 e. The van der Waals surface area contributed by atoms with Gasteiger partial charge in [-0.1, -0.05) is 12.8 Å². The molecular formula is C16H23FN2. The normalized spacial score (nSPS) is 26.1. The van der Waals surface area contributed by atoms with E-state index in [4.69, 9.17) is 0 Å². The number of benzene rings is 1. The molecule has 1 aromatic rings. The fourth-order valence-electron chi connectivity index (χ4n) is 3.66. The van der Waals surface area contributed by atoms with Crippen LogP contribution in [0.1, 0.15) is 38.2 Å². The van der Waals surface area contributed by atoms with Crippen LogP contribution >= 0.6 is 0 Å². The lowest BCUT2D eigenvalue weighted by Crippen LogP contribution is -2.62. The summed E-state index contributed by atoms with van der Waals surface area (Å²) in [6.45, 7) is 6.34. The highest BCUT2D eigenvalue weighted by atomic mass is 19.1. The molecule has 2 fully saturated rings. The second-order valence-corrected chi connectivity index (χ2v) is 6.28. The highest BCUT2D eigenvalue weighted by Gasteiger charge is 2.40. The van der Waals surface area contributed by atoms with Crippen LogP contribution in [0.4, 0.5) is 10.1 Å². The van der Waals surface area contributed by atoms with Gasteiger partial charge < -0.3 is 10.2 Å². The summed E-state index contributed by atoms with van der Waals surface area (Å²) in [5.74, 6) is -0.139. The molecule has 1 unspecified atom stereocenters. The lowest BCUT2D eigenvalue weighted by molar-refractivity contribution is 0.276. The third-order valence-electron chi connectivity index (χ3n) is 4.81. The zero-order chi connectivity index (χ0) is 13.5. The van der Waals surface area contributed by atoms with Crippen LogP contribution in [0.15, 0.2) is 18.2 Å². The number of hydrogen-bond acceptors (Lipinski definition) is 2. The lowest BCUT2D eigenvalue weighted by Gasteiger charge is -2.47. The zero-order valence-electron chi connectivity index (χ0n) is 11.9. The Morgan fingerprint density at radius 1 is 1.32 bits per heavy atom. The average Bonchev–Trinajstić information content (AvgIpc) is 2.82. The molecule has 0 amide bonds. The largest absolute Gasteiger partial charge is 0.365 e. The third kappa shape index (κ3) is 2.36. The first-order chi connectivity index (χ1) is 9.10. The maximum Gasteiger partial charge on any atom is 0.123 e. The maximum atomic E-state index is 13.3. The van der Waals surface area contributed by atoms with E-state index in [1.54, 1.807) is 12.1 Å². The van der Waals surface area contributed by atoms with Gasteiger partial charge in [0.1, 0.15) is 5.82 Å². The van der Waals surface area contributed by atoms with E-state index in [1.807, 2.05) is 13.0 Å². The molecule has 0 aromatic heterocycles. The van der Waals surface area contributed by atoms with E-state index in [-0.39, 0.29) is 5.82 Å². The molecule has 1 saturated heterocycles. The summed E-state index contributed by atoms with van der Waals surface area (Å²) < 4.78 is 13.3. The molecule has 19 heavy (non-hydrogen) atoms. The average molecular weight is 262 g/mol. The van der Waals surface area contributed by atoms with Gasteiger partial charge in [0.15, 0.2) is 0 Å². The predicted octanol–water partition coefficient (Wildman–Crippen LogP) is 3.25. The molecule has 1 heterocycles. The third-order valence-corrected chi connectivity index (χ3v) is 4.81. The van der Waals surface area contributed by atoms with Gasteiger partial charge in [0.05, 0.1) is 0 Å². The Labute approximate surface area is 115 Å². The van der Waals surface area contributed by atoms with Crippen LogP contribution in [0, 0.1) is 12.7 Å². The van der Waals surface area contributed by atoms with Crippen molar-refractivity contribution in [3.63, 3.8) is 0 Å². The Bertz CT molecular complexity index is 466. The second-order valence-electron chi connectivity index (χ2n) is 6.28. The summed E-state index contributed by atoms with van der Waals surface area (Å²) in [6.07, 6.45) is 5.21. The first-order valence-corrected chi connectivity index (χ1v) is 7.37. The van der Waals surface area contributed by atoms with E-state index in [0.29, 0.717) is 11.6 Å². The van der Waals surface area contributed by atoms with Gasteiger partial charge in [-0.05, 0) is 50.5 Å². The number of hydrogen-bond donors (Lipinski definition) is 1. The summed E-state index contributed by atoms with van der Waals surface area (Å²) >= 11 is 0. The Hall–Kier alpha value is -1.09. The molecule has 0 bridgehead atoms. The van der Waals surface area contributed by atoms with Crippen molar-refractivity contribution < 1.29 is 4.39 Å². The van der Waals surface area contributed by atoms with Gasteiger partial charge >= 0.3 is 0 Å². The zero-order valence-corrected chi connectivity index (χ0v) is 11.9. The summed E-state index contributed by atoms with van der Waals surface area (Å²) in [4.78, 5) is 2.47. The van der Waals surface area contributed by atoms with Gasteiger partial charge in [0.25, 0.3) is 0 Å². The Morgan fingerprint density at radius 2 is 2.05 bits per heavy atom. The lowest BCUT2D eigenvalue weighted by atomic mass is 9.92. The number of aryl methyl sites for hydroxylation is 1. The molecule has 1 aliphatic heterocycles. The number of rotatable bonds is 1. The first kappa shape index (κ1) is 12.9. The standard InChI is InChI=1S/C16H23FN2/c1-12-9-14(17)5-6-15(12)19-11-16(7-3-4-8-16)18-10-13(19)2/h5-6,9,13,18H,3-4,7-8,10-11H2,1-2H3. The molecule has 0 radical (unpaired) electrons. The van der Waals surface area contributed by atoms with Crippen molar-refractivity contribution in [1.29, 1.82) is 0 Å². The van der Waals surface area contributed by atoms with E-state index in [1.165, 1.54) is 31.4 Å². The van der Waals surface area contributed by atoms with Crippen LogP contribution in [0.25, 0.3) is 0 Å². The van der Waals surface area contributed by atoms with E-state index < -0.39 is 0 Å². The van der Waals surface area contributed by atoms with Crippen molar-refractivity contribution in [1.82, 2.24) is 5.32 Å². The SMILES string of the molecule is Cc1cc(F)ccc1N1CC2(CCCC2)NCC1C. The Morgan fingerprint density at radius 3 is 2.74 bits per heavy atom. The van der Waals surface area contributed by atoms with Crippen LogP contribution in [0.3, 0.4) is 0 Å². The van der Waals surface area contributed by atoms with E-state index in [9.17, 15) is 4.39 Å². The monoisotopic (exact) mass is 262 g/mol. The molecule has 1 spiro atoms. The number of nitrogens with zero attached hydrogens (tertiary/aromatic N) is 1. The Kier molecular flexibility index (Phi) is 3.25. The molecule has 3 rings (SSSR count). The summed E-state index contributed by atoms with van der Waals surface area (Å²) in [5.41, 5.74) is 2.54. The van der Waals surface area contributed by atoms with Gasteiger partial charge in [-0.25, -0.2) is 4.39 Å². The molecule has 2 nitrogen and oxygen atoms in total. The minimum absolute atomic E-state index is 0.139. The fourth-order valence-corrected chi connectivity index (χ4v) is 3.66. The summed E-state index contributed by atoms with van der Waals surface area (Å²) in [6, 6.07) is 5.63. The van der Waals surface area contributed by atoms with Crippen LogP contribution in [-0.4, -0.2) is 24.7 Å². The Balaban J connectivity index is 1.89. The van der Waals surface area contributed by atoms with Crippen molar-refractivity contribution in [2.45, 2.75) is 51.1 Å². The minimum atomic E-state index is -0.139. The fraction of sp³-hybridized carbons (Fsp3) is 0.625. The number of piperazine rings is 1. The molecule has 1 aliphatic carbocycles. The molecule has 1 N–H and O–H groups in total. The number of nitrogens with one attached hydrogen (secondary N) is 1. The second kappa shape index (κ2) is 4.78. The molecule has 104 valence electrons. The molecular weight excluding hydrogens is 239 g/mol. The molecule has 1 saturated carbocycles. The summed E-state index contributed by atoms with van der Waals surface area (Å²) in [7, 11) is 0. The van der Waals surface area contributed by atoms with E-state index >= 15 is 0 Å². The van der Waals surface area contributed by atoms with Gasteiger partial charge in [-0.3, -0.25) is 0 Å². The van der Waals surface area contributed by atoms with E-state index in [0.717, 1.165) is 18.7 Å². The number of anilines is 1. The molecule has 3 heteroatoms. The van der Waals surface area contributed by atoms with Gasteiger partial charge in [0, 0.05) is 30.4 Å². The van der Waals surface area contributed by atoms with E-state index in [2.05, 4.69) is 17.1 Å². The van der Waals surface area contributed by atoms with Gasteiger partial charge in [0.2, 0.25) is 0 Å². The van der Waals surface area contributed by atoms with Crippen LogP contribution in [0.5, 0.6) is 0 Å². The summed E-state index contributed by atoms with van der Waals surface area (Å²) in [5, 5.41) is 3.76. The van der Waals surface area contributed by atoms with Crippen molar-refractivity contribution in [3.8, 4) is 0 Å². The maximum absolute atomic E-state index is 13.3. The highest BCUT2D eigenvalue weighted by molar-refractivity contribution is 5.55. The molecule has 2 aliphatic rings. The number of halogens is 1. The topological polar surface area (TPSA) is 15.3 Å². The van der Waals surface area contributed by atoms with Crippen molar-refractivity contribution >= 4 is 5.69 Å². The van der Waals surface area contributed by atoms with Crippen LogP contribution in [0.2, 0.25) is 0 Å². The van der Waals surface area contributed by atoms with Crippen LogP contribution < -0.4 is 10.2 Å². The highest BCUT2D eigenvalue weighted by Crippen LogP contribution is 2.35. The van der Waals surface area contributed by atoms with Crippen molar-refractivity contribution in [2.75, 3.05) is 18.0 Å². The predicted molar refractivity (Wildman–Crippen MR) is 77.1 cm³/mol. The van der Waals surface area contributed by atoms with Crippen molar-refractivity contribution in [2.24, 2.45) is 0 Å². The van der Waals surface area contributed by atoms with Gasteiger partial charge in [-0.2, -0.15) is 0 Å². The first-order valence-electron chi connectivity index (χ1n) is 7.37. The van der Waals surface area contributed by atoms with Crippen molar-refractivity contribution in [3.05, 3.63) is 29.6 Å². The van der Waals surface area contributed by atoms with Crippen LogP contribution in [-0.2, 0) is 0 Å². The smallest absolute Gasteiger partial charge is 0.123 e. The quantitative estimate of drug-likeness (QED) is 0.836.